The largest absolute Gasteiger partial charge is 0.472 e. The van der Waals surface area contributed by atoms with Crippen LogP contribution in [0.2, 0.25) is 0 Å². The molecule has 0 saturated carbocycles. The molecule has 3 N–H and O–H groups in total. The molecule has 0 bridgehead atoms. The van der Waals surface area contributed by atoms with E-state index in [-0.39, 0.29) is 25.7 Å². The van der Waals surface area contributed by atoms with Gasteiger partial charge in [0.05, 0.1) is 26.4 Å². The van der Waals surface area contributed by atoms with E-state index in [1.165, 1.54) is 77.0 Å². The highest BCUT2D eigenvalue weighted by Gasteiger charge is 2.30. The van der Waals surface area contributed by atoms with Gasteiger partial charge in [-0.2, -0.15) is 0 Å². The first-order chi connectivity index (χ1) is 48.7. The molecular formula is C81H138O17P2. The Morgan fingerprint density at radius 1 is 0.290 bits per heavy atom. The van der Waals surface area contributed by atoms with Crippen LogP contribution in [0.15, 0.2) is 122 Å². The Kier molecular flexibility index (Phi) is 69.5. The smallest absolute Gasteiger partial charge is 0.462 e. The fourth-order valence-corrected chi connectivity index (χ4v) is 11.6. The molecular weight excluding hydrogens is 1310 g/mol. The molecule has 0 radical (unpaired) electrons. The summed E-state index contributed by atoms with van der Waals surface area (Å²) in [5.74, 6) is -2.26. The lowest BCUT2D eigenvalue weighted by Gasteiger charge is -2.21. The van der Waals surface area contributed by atoms with Crippen molar-refractivity contribution in [3.8, 4) is 0 Å². The number of phosphoric acid groups is 2. The molecule has 0 spiro atoms. The normalized spacial score (nSPS) is 14.6. The molecule has 0 aliphatic carbocycles. The standard InChI is InChI=1S/C81H138O17P2/c1-5-9-13-17-21-25-29-32-35-36-37-38-41-43-47-50-54-58-62-66-79(84)91-71-76(97-80(85)67-63-59-55-51-45-28-24-20-16-12-8-4)73-95-99(87,88)93-69-75(82)70-94-100(89,90)96-74-77(98-81(86)68-64-60-56-52-48-44-40-34-31-27-23-19-15-11-7-3)72-92-78(83)65-61-57-53-49-46-42-39-33-30-26-22-18-14-10-6-2/h9-10,13-14,21-22,25-26,32-35,37-40,43,46-47,49,75-77,82H,5-8,11-12,15-20,23-24,27-31,36,41-42,44-45,48,50-74H2,1-4H3,(H,87,88)(H,89,90)/b13-9-,14-10-,25-21-,26-22-,35-32-,38-37-,39-33-,40-34-,47-43-,49-46-. The second-order valence-electron chi connectivity index (χ2n) is 25.5. The topological polar surface area (TPSA) is 237 Å². The highest BCUT2D eigenvalue weighted by molar-refractivity contribution is 7.47. The highest BCUT2D eigenvalue weighted by atomic mass is 31.2. The zero-order valence-electron chi connectivity index (χ0n) is 62.6. The van der Waals surface area contributed by atoms with E-state index < -0.39 is 97.5 Å². The summed E-state index contributed by atoms with van der Waals surface area (Å²) in [5.41, 5.74) is 0. The van der Waals surface area contributed by atoms with Crippen molar-refractivity contribution in [3.63, 3.8) is 0 Å². The van der Waals surface area contributed by atoms with Gasteiger partial charge in [-0.15, -0.1) is 0 Å². The summed E-state index contributed by atoms with van der Waals surface area (Å²) in [6.45, 7) is 4.55. The van der Waals surface area contributed by atoms with E-state index in [9.17, 15) is 43.2 Å². The van der Waals surface area contributed by atoms with Gasteiger partial charge < -0.3 is 33.8 Å². The van der Waals surface area contributed by atoms with Gasteiger partial charge in [-0.05, 0) is 135 Å². The lowest BCUT2D eigenvalue weighted by molar-refractivity contribution is -0.161. The van der Waals surface area contributed by atoms with E-state index in [2.05, 4.69) is 149 Å². The molecule has 17 nitrogen and oxygen atoms in total. The molecule has 0 saturated heterocycles. The third-order valence-electron chi connectivity index (χ3n) is 15.9. The number of rotatable bonds is 72. The molecule has 5 atom stereocenters. The Labute approximate surface area is 606 Å². The summed E-state index contributed by atoms with van der Waals surface area (Å²) in [4.78, 5) is 72.8. The van der Waals surface area contributed by atoms with Gasteiger partial charge in [-0.3, -0.25) is 37.3 Å². The molecule has 5 unspecified atom stereocenters. The first-order valence-corrected chi connectivity index (χ1v) is 41.8. The summed E-state index contributed by atoms with van der Waals surface area (Å²) >= 11 is 0. The van der Waals surface area contributed by atoms with Crippen LogP contribution in [0.5, 0.6) is 0 Å². The monoisotopic (exact) mass is 1440 g/mol. The van der Waals surface area contributed by atoms with E-state index in [1.54, 1.807) is 0 Å². The molecule has 0 heterocycles. The zero-order valence-corrected chi connectivity index (χ0v) is 64.4. The van der Waals surface area contributed by atoms with Crippen LogP contribution in [-0.2, 0) is 65.4 Å². The zero-order chi connectivity index (χ0) is 73.2. The Balaban J connectivity index is 5.38. The lowest BCUT2D eigenvalue weighted by Crippen LogP contribution is -2.30. The number of carbonyl (C=O) groups excluding carboxylic acids is 4. The van der Waals surface area contributed by atoms with Crippen molar-refractivity contribution >= 4 is 39.5 Å². The molecule has 574 valence electrons. The Hall–Kier alpha value is -4.54. The number of hydrogen-bond acceptors (Lipinski definition) is 15. The molecule has 19 heteroatoms. The maximum atomic E-state index is 13.1. The summed E-state index contributed by atoms with van der Waals surface area (Å²) in [6, 6.07) is 0. The van der Waals surface area contributed by atoms with Gasteiger partial charge in [0.2, 0.25) is 0 Å². The summed E-state index contributed by atoms with van der Waals surface area (Å²) in [6.07, 6.45) is 79.1. The van der Waals surface area contributed by atoms with E-state index in [4.69, 9.17) is 37.0 Å². The van der Waals surface area contributed by atoms with Gasteiger partial charge in [0.1, 0.15) is 19.3 Å². The number of phosphoric ester groups is 2. The summed E-state index contributed by atoms with van der Waals surface area (Å²) in [5, 5.41) is 10.6. The number of allylic oxidation sites excluding steroid dienone is 20. The Morgan fingerprint density at radius 2 is 0.520 bits per heavy atom. The number of carbonyl (C=O) groups is 4. The third-order valence-corrected chi connectivity index (χ3v) is 17.8. The van der Waals surface area contributed by atoms with Crippen LogP contribution in [0.1, 0.15) is 310 Å². The third kappa shape index (κ3) is 71.8. The minimum absolute atomic E-state index is 0.0743. The van der Waals surface area contributed by atoms with Gasteiger partial charge in [0.25, 0.3) is 0 Å². The molecule has 0 aromatic heterocycles. The van der Waals surface area contributed by atoms with Gasteiger partial charge in [0, 0.05) is 25.7 Å². The first-order valence-electron chi connectivity index (χ1n) is 38.8. The molecule has 0 aromatic carbocycles. The Morgan fingerprint density at radius 3 is 0.840 bits per heavy atom. The Bertz CT molecular complexity index is 2370. The maximum absolute atomic E-state index is 13.1. The van der Waals surface area contributed by atoms with Crippen LogP contribution in [0.4, 0.5) is 0 Å². The minimum Gasteiger partial charge on any atom is -0.462 e. The van der Waals surface area contributed by atoms with Crippen molar-refractivity contribution in [2.24, 2.45) is 0 Å². The average molecular weight is 1450 g/mol. The lowest BCUT2D eigenvalue weighted by atomic mass is 10.1. The van der Waals surface area contributed by atoms with Gasteiger partial charge in [-0.25, -0.2) is 9.13 Å². The summed E-state index contributed by atoms with van der Waals surface area (Å²) in [7, 11) is -9.97. The molecule has 0 aromatic rings. The van der Waals surface area contributed by atoms with Crippen LogP contribution in [0.25, 0.3) is 0 Å². The molecule has 100 heavy (non-hydrogen) atoms. The van der Waals surface area contributed by atoms with Crippen LogP contribution >= 0.6 is 15.6 Å². The van der Waals surface area contributed by atoms with Crippen LogP contribution in [-0.4, -0.2) is 96.7 Å². The van der Waals surface area contributed by atoms with Crippen LogP contribution < -0.4 is 0 Å². The maximum Gasteiger partial charge on any atom is 0.472 e. The predicted molar refractivity (Wildman–Crippen MR) is 408 cm³/mol. The molecule has 0 rings (SSSR count). The fourth-order valence-electron chi connectivity index (χ4n) is 10.1. The van der Waals surface area contributed by atoms with Crippen molar-refractivity contribution in [2.45, 2.75) is 329 Å². The number of ether oxygens (including phenoxy) is 4. The average Bonchev–Trinajstić information content (AvgIpc) is 0.953. The van der Waals surface area contributed by atoms with Gasteiger partial charge in [0.15, 0.2) is 12.2 Å². The number of hydrogen-bond donors (Lipinski definition) is 3. The number of aliphatic hydroxyl groups excluding tert-OH is 1. The van der Waals surface area contributed by atoms with Crippen molar-refractivity contribution in [3.05, 3.63) is 122 Å². The SMILES string of the molecule is CC/C=C\C/C=C\C/C=C\C/C=C\C/C=C\CCCCCC(=O)OCC(COP(=O)(O)OCC(O)COP(=O)(O)OCC(COC(=O)CCCC/C=C\C/C=C\C/C=C\C/C=C\CC)OC(=O)CCCCCCC/C=C\CCCCCCCC)OC(=O)CCCCCCCCCCCCC. The molecule has 0 aliphatic heterocycles. The quantitative estimate of drug-likeness (QED) is 0.0169. The van der Waals surface area contributed by atoms with Crippen molar-refractivity contribution in [2.75, 3.05) is 39.6 Å². The molecule has 0 fully saturated rings. The van der Waals surface area contributed by atoms with Crippen molar-refractivity contribution in [1.82, 2.24) is 0 Å². The second kappa shape index (κ2) is 72.8. The predicted octanol–water partition coefficient (Wildman–Crippen LogP) is 22.3. The van der Waals surface area contributed by atoms with E-state index in [0.29, 0.717) is 25.7 Å². The highest BCUT2D eigenvalue weighted by Crippen LogP contribution is 2.45. The van der Waals surface area contributed by atoms with Gasteiger partial charge >= 0.3 is 39.5 Å². The van der Waals surface area contributed by atoms with Gasteiger partial charge in [-0.1, -0.05) is 271 Å². The first kappa shape index (κ1) is 95.5. The van der Waals surface area contributed by atoms with E-state index in [1.807, 2.05) is 0 Å². The van der Waals surface area contributed by atoms with Crippen LogP contribution in [0.3, 0.4) is 0 Å². The number of esters is 4. The molecule has 0 aliphatic rings. The number of aliphatic hydroxyl groups is 1. The molecule has 0 amide bonds. The van der Waals surface area contributed by atoms with Crippen molar-refractivity contribution in [1.29, 1.82) is 0 Å². The van der Waals surface area contributed by atoms with Crippen molar-refractivity contribution < 1.29 is 80.2 Å². The summed E-state index contributed by atoms with van der Waals surface area (Å²) < 4.78 is 68.4. The second-order valence-corrected chi connectivity index (χ2v) is 28.4. The van der Waals surface area contributed by atoms with E-state index in [0.717, 1.165) is 154 Å². The minimum atomic E-state index is -4.99. The number of unbranched alkanes of at least 4 members (excludes halogenated alkanes) is 26. The van der Waals surface area contributed by atoms with Crippen LogP contribution in [0, 0.1) is 0 Å². The fraction of sp³-hybridized carbons (Fsp3) is 0.704. The van der Waals surface area contributed by atoms with E-state index >= 15 is 0 Å².